The molecular formula is C32H32ClNO3. The van der Waals surface area contributed by atoms with Gasteiger partial charge in [-0.15, -0.1) is 0 Å². The molecule has 1 saturated heterocycles. The quantitative estimate of drug-likeness (QED) is 0.225. The average Bonchev–Trinajstić information content (AvgIpc) is 3.13. The smallest absolute Gasteiger partial charge is 0.300 e. The number of nitrogens with zero attached hydrogens (tertiary/aromatic N) is 1. The van der Waals surface area contributed by atoms with Crippen molar-refractivity contribution in [3.8, 4) is 0 Å². The Kier molecular flexibility index (Phi) is 6.49. The van der Waals surface area contributed by atoms with Crippen LogP contribution in [0.15, 0.2) is 66.2 Å². The molecule has 1 amide bonds. The van der Waals surface area contributed by atoms with Crippen LogP contribution in [0.25, 0.3) is 5.76 Å². The van der Waals surface area contributed by atoms with Crippen LogP contribution in [0.4, 0.5) is 5.69 Å². The highest BCUT2D eigenvalue weighted by Gasteiger charge is 2.47. The molecule has 1 fully saturated rings. The van der Waals surface area contributed by atoms with Crippen molar-refractivity contribution in [3.05, 3.63) is 105 Å². The molecule has 5 heteroatoms. The zero-order chi connectivity index (χ0) is 26.5. The lowest BCUT2D eigenvalue weighted by molar-refractivity contribution is -0.132. The zero-order valence-corrected chi connectivity index (χ0v) is 22.5. The molecule has 0 aromatic heterocycles. The molecule has 4 nitrogen and oxygen atoms in total. The first-order valence-electron chi connectivity index (χ1n) is 12.9. The largest absolute Gasteiger partial charge is 0.507 e. The van der Waals surface area contributed by atoms with Gasteiger partial charge in [-0.2, -0.15) is 0 Å². The van der Waals surface area contributed by atoms with Gasteiger partial charge in [-0.1, -0.05) is 68.8 Å². The summed E-state index contributed by atoms with van der Waals surface area (Å²) < 4.78 is 0. The fourth-order valence-electron chi connectivity index (χ4n) is 5.49. The molecule has 5 rings (SSSR count). The van der Waals surface area contributed by atoms with Gasteiger partial charge in [0.25, 0.3) is 11.7 Å². The van der Waals surface area contributed by atoms with Crippen LogP contribution >= 0.6 is 11.6 Å². The molecule has 190 valence electrons. The van der Waals surface area contributed by atoms with Crippen LogP contribution < -0.4 is 4.90 Å². The van der Waals surface area contributed by atoms with Crippen LogP contribution in [0.2, 0.25) is 5.02 Å². The van der Waals surface area contributed by atoms with Crippen LogP contribution in [0, 0.1) is 6.92 Å². The van der Waals surface area contributed by atoms with E-state index in [4.69, 9.17) is 11.6 Å². The normalized spacial score (nSPS) is 19.3. The summed E-state index contributed by atoms with van der Waals surface area (Å²) in [4.78, 5) is 28.6. The van der Waals surface area contributed by atoms with Crippen molar-refractivity contribution in [3.63, 3.8) is 0 Å². The fourth-order valence-corrected chi connectivity index (χ4v) is 5.71. The maximum absolute atomic E-state index is 13.5. The van der Waals surface area contributed by atoms with Crippen molar-refractivity contribution in [1.29, 1.82) is 0 Å². The van der Waals surface area contributed by atoms with Crippen molar-refractivity contribution in [2.45, 2.75) is 64.8 Å². The number of rotatable bonds is 3. The van der Waals surface area contributed by atoms with Gasteiger partial charge in [0.1, 0.15) is 5.76 Å². The first-order valence-corrected chi connectivity index (χ1v) is 13.2. The Morgan fingerprint density at radius 1 is 0.919 bits per heavy atom. The molecule has 37 heavy (non-hydrogen) atoms. The Bertz CT molecular complexity index is 1430. The Morgan fingerprint density at radius 2 is 1.59 bits per heavy atom. The molecule has 3 aromatic carbocycles. The van der Waals surface area contributed by atoms with E-state index >= 15 is 0 Å². The predicted molar refractivity (Wildman–Crippen MR) is 149 cm³/mol. The monoisotopic (exact) mass is 513 g/mol. The van der Waals surface area contributed by atoms with Gasteiger partial charge in [-0.25, -0.2) is 0 Å². The number of carbonyl (C=O) groups excluding carboxylic acids is 2. The van der Waals surface area contributed by atoms with Crippen molar-refractivity contribution >= 4 is 34.7 Å². The van der Waals surface area contributed by atoms with Gasteiger partial charge in [-0.05, 0) is 90.1 Å². The Balaban J connectivity index is 1.70. The SMILES string of the molecule is Cc1cc(Cl)ccc1N1C(=O)C(=O)/C(=C(\O)c2ccc3c(c2)CCCC3)C1c1ccc(C(C)(C)C)cc1. The van der Waals surface area contributed by atoms with E-state index in [0.29, 0.717) is 16.3 Å². The molecular weight excluding hydrogens is 482 g/mol. The summed E-state index contributed by atoms with van der Waals surface area (Å²) in [6, 6.07) is 18.3. The standard InChI is InChI=1S/C32H32ClNO3/c1-19-17-25(33)15-16-26(19)34-28(21-11-13-24(14-12-21)32(2,3)4)27(30(36)31(34)37)29(35)23-10-9-20-7-5-6-8-22(20)18-23/h9-18,28,35H,5-8H2,1-4H3/b29-27-. The molecule has 0 bridgehead atoms. The highest BCUT2D eigenvalue weighted by atomic mass is 35.5. The predicted octanol–water partition coefficient (Wildman–Crippen LogP) is 7.45. The minimum absolute atomic E-state index is 0.0454. The van der Waals surface area contributed by atoms with Gasteiger partial charge in [0, 0.05) is 16.3 Å². The fraction of sp³-hybridized carbons (Fsp3) is 0.312. The van der Waals surface area contributed by atoms with E-state index in [1.807, 2.05) is 49.4 Å². The summed E-state index contributed by atoms with van der Waals surface area (Å²) >= 11 is 6.20. The number of ketones is 1. The van der Waals surface area contributed by atoms with Gasteiger partial charge in [-0.3, -0.25) is 14.5 Å². The number of hydrogen-bond acceptors (Lipinski definition) is 3. The number of fused-ring (bicyclic) bond motifs is 1. The minimum Gasteiger partial charge on any atom is -0.507 e. The third-order valence-corrected chi connectivity index (χ3v) is 7.81. The number of Topliss-reactive ketones (excluding diaryl/α,β-unsaturated/α-hetero) is 1. The van der Waals surface area contributed by atoms with Crippen molar-refractivity contribution in [1.82, 2.24) is 0 Å². The van der Waals surface area contributed by atoms with Gasteiger partial charge in [0.15, 0.2) is 0 Å². The second-order valence-corrected chi connectivity index (χ2v) is 11.6. The summed E-state index contributed by atoms with van der Waals surface area (Å²) in [5.41, 5.74) is 6.41. The lowest BCUT2D eigenvalue weighted by Crippen LogP contribution is -2.30. The maximum Gasteiger partial charge on any atom is 0.300 e. The summed E-state index contributed by atoms with van der Waals surface area (Å²) in [7, 11) is 0. The topological polar surface area (TPSA) is 57.6 Å². The van der Waals surface area contributed by atoms with E-state index < -0.39 is 17.7 Å². The number of amides is 1. The molecule has 1 unspecified atom stereocenters. The number of anilines is 1. The van der Waals surface area contributed by atoms with Gasteiger partial charge in [0.05, 0.1) is 11.6 Å². The molecule has 1 aliphatic heterocycles. The second-order valence-electron chi connectivity index (χ2n) is 11.2. The summed E-state index contributed by atoms with van der Waals surface area (Å²) in [5.74, 6) is -1.48. The lowest BCUT2D eigenvalue weighted by atomic mass is 9.85. The molecule has 1 heterocycles. The van der Waals surface area contributed by atoms with Gasteiger partial charge < -0.3 is 5.11 Å². The minimum atomic E-state index is -0.759. The number of aliphatic hydroxyl groups is 1. The van der Waals surface area contributed by atoms with Crippen molar-refractivity contribution in [2.24, 2.45) is 0 Å². The van der Waals surface area contributed by atoms with E-state index in [-0.39, 0.29) is 16.7 Å². The number of aryl methyl sites for hydroxylation is 3. The van der Waals surface area contributed by atoms with E-state index in [2.05, 4.69) is 20.8 Å². The van der Waals surface area contributed by atoms with Crippen LogP contribution in [-0.2, 0) is 27.8 Å². The number of carbonyl (C=O) groups is 2. The molecule has 1 N–H and O–H groups in total. The van der Waals surface area contributed by atoms with Crippen molar-refractivity contribution in [2.75, 3.05) is 4.90 Å². The van der Waals surface area contributed by atoms with Crippen molar-refractivity contribution < 1.29 is 14.7 Å². The van der Waals surface area contributed by atoms with E-state index in [9.17, 15) is 14.7 Å². The van der Waals surface area contributed by atoms with Crippen LogP contribution in [-0.4, -0.2) is 16.8 Å². The highest BCUT2D eigenvalue weighted by molar-refractivity contribution is 6.51. The van der Waals surface area contributed by atoms with E-state index in [0.717, 1.165) is 42.4 Å². The maximum atomic E-state index is 13.5. The van der Waals surface area contributed by atoms with E-state index in [1.165, 1.54) is 16.0 Å². The summed E-state index contributed by atoms with van der Waals surface area (Å²) in [5, 5.41) is 12.1. The molecule has 1 atom stereocenters. The third-order valence-electron chi connectivity index (χ3n) is 7.58. The second kappa shape index (κ2) is 9.50. The van der Waals surface area contributed by atoms with Crippen LogP contribution in [0.3, 0.4) is 0 Å². The zero-order valence-electron chi connectivity index (χ0n) is 21.8. The number of hydrogen-bond donors (Lipinski definition) is 1. The van der Waals surface area contributed by atoms with Crippen LogP contribution in [0.1, 0.15) is 73.0 Å². The Labute approximate surface area is 223 Å². The highest BCUT2D eigenvalue weighted by Crippen LogP contribution is 2.44. The first-order chi connectivity index (χ1) is 17.6. The average molecular weight is 514 g/mol. The molecule has 1 aliphatic carbocycles. The summed E-state index contributed by atoms with van der Waals surface area (Å²) in [6.07, 6.45) is 4.25. The number of benzene rings is 3. The Hall–Kier alpha value is -3.37. The summed E-state index contributed by atoms with van der Waals surface area (Å²) in [6.45, 7) is 8.29. The first kappa shape index (κ1) is 25.3. The number of aliphatic hydroxyl groups excluding tert-OH is 1. The number of halogens is 1. The van der Waals surface area contributed by atoms with Gasteiger partial charge in [0.2, 0.25) is 0 Å². The lowest BCUT2D eigenvalue weighted by Gasteiger charge is -2.28. The molecule has 0 spiro atoms. The molecule has 2 aliphatic rings. The van der Waals surface area contributed by atoms with Crippen LogP contribution in [0.5, 0.6) is 0 Å². The van der Waals surface area contributed by atoms with Gasteiger partial charge >= 0.3 is 0 Å². The third kappa shape index (κ3) is 4.59. The molecule has 3 aromatic rings. The molecule has 0 saturated carbocycles. The van der Waals surface area contributed by atoms with E-state index in [1.54, 1.807) is 18.2 Å². The molecule has 0 radical (unpaired) electrons. The Morgan fingerprint density at radius 3 is 2.24 bits per heavy atom.